The molecule has 1 aromatic heterocycles. The van der Waals surface area contributed by atoms with E-state index in [-0.39, 0.29) is 5.92 Å². The van der Waals surface area contributed by atoms with Gasteiger partial charge in [-0.15, -0.1) is 0 Å². The van der Waals surface area contributed by atoms with Crippen LogP contribution in [0.1, 0.15) is 26.3 Å². The average molecular weight is 225 g/mol. The first-order valence-corrected chi connectivity index (χ1v) is 5.69. The molecule has 4 heteroatoms. The van der Waals surface area contributed by atoms with Crippen LogP contribution in [0.15, 0.2) is 12.4 Å². The van der Waals surface area contributed by atoms with Crippen molar-refractivity contribution >= 4 is 0 Å². The molecule has 0 aliphatic carbocycles. The van der Waals surface area contributed by atoms with E-state index in [0.29, 0.717) is 6.54 Å². The second-order valence-corrected chi connectivity index (χ2v) is 5.21. The fourth-order valence-electron chi connectivity index (χ4n) is 1.65. The fraction of sp³-hybridized carbons (Fsp3) is 0.750. The lowest BCUT2D eigenvalue weighted by Crippen LogP contribution is -2.42. The first-order chi connectivity index (χ1) is 7.31. The maximum Gasteiger partial charge on any atom is 0.0768 e. The molecule has 4 nitrogen and oxygen atoms in total. The first-order valence-electron chi connectivity index (χ1n) is 5.69. The Morgan fingerprint density at radius 1 is 1.56 bits per heavy atom. The number of rotatable bonds is 5. The molecule has 16 heavy (non-hydrogen) atoms. The lowest BCUT2D eigenvalue weighted by atomic mass is 9.92. The van der Waals surface area contributed by atoms with Crippen LogP contribution in [0.4, 0.5) is 0 Å². The zero-order valence-corrected chi connectivity index (χ0v) is 10.9. The van der Waals surface area contributed by atoms with Crippen molar-refractivity contribution in [2.45, 2.75) is 32.9 Å². The maximum atomic E-state index is 10.2. The van der Waals surface area contributed by atoms with Crippen LogP contribution in [0.5, 0.6) is 0 Å². The van der Waals surface area contributed by atoms with Crippen LogP contribution < -0.4 is 0 Å². The number of nitrogens with zero attached hydrogens (tertiary/aromatic N) is 3. The van der Waals surface area contributed by atoms with E-state index in [9.17, 15) is 5.11 Å². The second-order valence-electron chi connectivity index (χ2n) is 5.21. The van der Waals surface area contributed by atoms with Crippen LogP contribution in [0, 0.1) is 5.92 Å². The Morgan fingerprint density at radius 3 is 2.62 bits per heavy atom. The molecular formula is C12H23N3O. The number of likely N-dealkylation sites (N-methyl/N-ethyl adjacent to an activating group) is 1. The predicted octanol–water partition coefficient (Wildman–Crippen LogP) is 1.26. The smallest absolute Gasteiger partial charge is 0.0768 e. The SMILES string of the molecule is CC(C)C(C)(O)CN(C)Cc1cnn(C)c1. The largest absolute Gasteiger partial charge is 0.389 e. The lowest BCUT2D eigenvalue weighted by molar-refractivity contribution is -0.0146. The van der Waals surface area contributed by atoms with Gasteiger partial charge in [-0.25, -0.2) is 0 Å². The Bertz CT molecular complexity index is 331. The van der Waals surface area contributed by atoms with Crippen molar-refractivity contribution in [1.82, 2.24) is 14.7 Å². The molecule has 0 fully saturated rings. The van der Waals surface area contributed by atoms with Crippen LogP contribution >= 0.6 is 0 Å². The van der Waals surface area contributed by atoms with Gasteiger partial charge in [-0.05, 0) is 19.9 Å². The van der Waals surface area contributed by atoms with Gasteiger partial charge in [0.25, 0.3) is 0 Å². The molecule has 1 unspecified atom stereocenters. The quantitative estimate of drug-likeness (QED) is 0.820. The predicted molar refractivity (Wildman–Crippen MR) is 65.0 cm³/mol. The van der Waals surface area contributed by atoms with Crippen molar-refractivity contribution in [3.05, 3.63) is 18.0 Å². The summed E-state index contributed by atoms with van der Waals surface area (Å²) in [5.74, 6) is 0.254. The Kier molecular flexibility index (Phi) is 4.10. The van der Waals surface area contributed by atoms with E-state index in [1.807, 2.05) is 47.3 Å². The van der Waals surface area contributed by atoms with Gasteiger partial charge in [-0.3, -0.25) is 9.58 Å². The molecule has 0 radical (unpaired) electrons. The molecule has 1 N–H and O–H groups in total. The Morgan fingerprint density at radius 2 is 2.19 bits per heavy atom. The molecule has 1 heterocycles. The van der Waals surface area contributed by atoms with E-state index < -0.39 is 5.60 Å². The fourth-order valence-corrected chi connectivity index (χ4v) is 1.65. The van der Waals surface area contributed by atoms with Crippen LogP contribution in [0.25, 0.3) is 0 Å². The highest BCUT2D eigenvalue weighted by atomic mass is 16.3. The summed E-state index contributed by atoms with van der Waals surface area (Å²) in [5.41, 5.74) is 0.529. The van der Waals surface area contributed by atoms with Gasteiger partial charge in [0, 0.05) is 31.9 Å². The average Bonchev–Trinajstić information content (AvgIpc) is 2.49. The van der Waals surface area contributed by atoms with E-state index in [0.717, 1.165) is 6.54 Å². The van der Waals surface area contributed by atoms with E-state index >= 15 is 0 Å². The molecular weight excluding hydrogens is 202 g/mol. The third-order valence-electron chi connectivity index (χ3n) is 3.04. The van der Waals surface area contributed by atoms with Crippen molar-refractivity contribution in [2.75, 3.05) is 13.6 Å². The first kappa shape index (κ1) is 13.2. The van der Waals surface area contributed by atoms with Crippen molar-refractivity contribution in [3.63, 3.8) is 0 Å². The molecule has 0 aliphatic heterocycles. The maximum absolute atomic E-state index is 10.2. The summed E-state index contributed by atoms with van der Waals surface area (Å²) in [4.78, 5) is 2.12. The second kappa shape index (κ2) is 4.97. The van der Waals surface area contributed by atoms with Gasteiger partial charge in [0.05, 0.1) is 11.8 Å². The number of aryl methyl sites for hydroxylation is 1. The topological polar surface area (TPSA) is 41.3 Å². The van der Waals surface area contributed by atoms with Crippen molar-refractivity contribution in [2.24, 2.45) is 13.0 Å². The Balaban J connectivity index is 2.50. The molecule has 0 bridgehead atoms. The molecule has 0 saturated carbocycles. The van der Waals surface area contributed by atoms with Crippen LogP contribution in [-0.2, 0) is 13.6 Å². The van der Waals surface area contributed by atoms with Gasteiger partial charge in [-0.2, -0.15) is 5.10 Å². The summed E-state index contributed by atoms with van der Waals surface area (Å²) in [5, 5.41) is 14.3. The number of hydrogen-bond donors (Lipinski definition) is 1. The zero-order valence-electron chi connectivity index (χ0n) is 10.9. The van der Waals surface area contributed by atoms with Gasteiger partial charge in [0.15, 0.2) is 0 Å². The van der Waals surface area contributed by atoms with Crippen LogP contribution in [-0.4, -0.2) is 39.0 Å². The Labute approximate surface area is 97.9 Å². The number of hydrogen-bond acceptors (Lipinski definition) is 3. The number of aromatic nitrogens is 2. The minimum absolute atomic E-state index is 0.254. The molecule has 0 amide bonds. The van der Waals surface area contributed by atoms with Crippen molar-refractivity contribution < 1.29 is 5.11 Å². The lowest BCUT2D eigenvalue weighted by Gasteiger charge is -2.32. The minimum Gasteiger partial charge on any atom is -0.389 e. The van der Waals surface area contributed by atoms with Gasteiger partial charge in [-0.1, -0.05) is 13.8 Å². The summed E-state index contributed by atoms with van der Waals surface area (Å²) in [7, 11) is 3.93. The van der Waals surface area contributed by atoms with Gasteiger partial charge >= 0.3 is 0 Å². The molecule has 1 aromatic rings. The highest BCUT2D eigenvalue weighted by Gasteiger charge is 2.26. The summed E-state index contributed by atoms with van der Waals surface area (Å²) in [6.07, 6.45) is 3.86. The van der Waals surface area contributed by atoms with E-state index in [1.165, 1.54) is 5.56 Å². The summed E-state index contributed by atoms with van der Waals surface area (Å²) >= 11 is 0. The third kappa shape index (κ3) is 3.61. The van der Waals surface area contributed by atoms with E-state index in [4.69, 9.17) is 0 Å². The van der Waals surface area contributed by atoms with Crippen LogP contribution in [0.2, 0.25) is 0 Å². The molecule has 0 saturated heterocycles. The molecule has 1 rings (SSSR count). The molecule has 0 aliphatic rings. The van der Waals surface area contributed by atoms with E-state index in [2.05, 4.69) is 10.00 Å². The number of aliphatic hydroxyl groups is 1. The molecule has 1 atom stereocenters. The summed E-state index contributed by atoms with van der Waals surface area (Å²) in [6, 6.07) is 0. The minimum atomic E-state index is -0.642. The standard InChI is InChI=1S/C12H23N3O/c1-10(2)12(3,16)9-14(4)7-11-6-13-15(5)8-11/h6,8,10,16H,7,9H2,1-5H3. The van der Waals surface area contributed by atoms with E-state index in [1.54, 1.807) is 4.68 Å². The Hall–Kier alpha value is -0.870. The van der Waals surface area contributed by atoms with Gasteiger partial charge in [0.2, 0.25) is 0 Å². The normalized spacial score (nSPS) is 15.8. The molecule has 92 valence electrons. The van der Waals surface area contributed by atoms with Gasteiger partial charge < -0.3 is 5.11 Å². The highest BCUT2D eigenvalue weighted by molar-refractivity contribution is 5.03. The summed E-state index contributed by atoms with van der Waals surface area (Å²) in [6.45, 7) is 7.45. The molecule has 0 spiro atoms. The molecule has 0 aromatic carbocycles. The van der Waals surface area contributed by atoms with Crippen LogP contribution in [0.3, 0.4) is 0 Å². The van der Waals surface area contributed by atoms with Crippen molar-refractivity contribution in [3.8, 4) is 0 Å². The van der Waals surface area contributed by atoms with Gasteiger partial charge in [0.1, 0.15) is 0 Å². The zero-order chi connectivity index (χ0) is 12.3. The summed E-state index contributed by atoms with van der Waals surface area (Å²) < 4.78 is 1.80. The highest BCUT2D eigenvalue weighted by Crippen LogP contribution is 2.17. The van der Waals surface area contributed by atoms with Crippen molar-refractivity contribution in [1.29, 1.82) is 0 Å². The third-order valence-corrected chi connectivity index (χ3v) is 3.04. The monoisotopic (exact) mass is 225 g/mol.